The summed E-state index contributed by atoms with van der Waals surface area (Å²) in [6.45, 7) is 1.50. The van der Waals surface area contributed by atoms with Crippen LogP contribution in [0, 0.1) is 0 Å². The first kappa shape index (κ1) is 15.2. The van der Waals surface area contributed by atoms with Crippen LogP contribution in [0.1, 0.15) is 11.5 Å². The van der Waals surface area contributed by atoms with Crippen molar-refractivity contribution in [1.82, 2.24) is 25.2 Å². The molecule has 0 aliphatic carbocycles. The molecule has 0 spiro atoms. The highest BCUT2D eigenvalue weighted by molar-refractivity contribution is 5.55. The van der Waals surface area contributed by atoms with Crippen LogP contribution in [-0.2, 0) is 13.0 Å². The summed E-state index contributed by atoms with van der Waals surface area (Å²) < 4.78 is 10.5. The van der Waals surface area contributed by atoms with Crippen LogP contribution in [0.5, 0.6) is 5.75 Å². The maximum absolute atomic E-state index is 5.33. The van der Waals surface area contributed by atoms with E-state index in [-0.39, 0.29) is 0 Å². The van der Waals surface area contributed by atoms with Crippen molar-refractivity contribution in [2.75, 3.05) is 20.7 Å². The van der Waals surface area contributed by atoms with E-state index in [2.05, 4.69) is 25.2 Å². The highest BCUT2D eigenvalue weighted by Crippen LogP contribution is 2.19. The molecule has 0 saturated carbocycles. The first-order chi connectivity index (χ1) is 11.2. The van der Waals surface area contributed by atoms with Crippen LogP contribution in [0.15, 0.2) is 41.2 Å². The van der Waals surface area contributed by atoms with Gasteiger partial charge in [-0.25, -0.2) is 0 Å². The monoisotopic (exact) mass is 313 g/mol. The summed E-state index contributed by atoms with van der Waals surface area (Å²) in [4.78, 5) is 6.58. The molecular weight excluding hydrogens is 294 g/mol. The maximum Gasteiger partial charge on any atom is 0.241 e. The molecule has 0 saturated heterocycles. The van der Waals surface area contributed by atoms with Gasteiger partial charge in [0, 0.05) is 18.3 Å². The number of likely N-dealkylation sites (N-methyl/N-ethyl adjacent to an activating group) is 1. The number of nitrogens with zero attached hydrogens (tertiary/aromatic N) is 4. The van der Waals surface area contributed by atoms with E-state index >= 15 is 0 Å². The minimum absolute atomic E-state index is 0.589. The average Bonchev–Trinajstić information content (AvgIpc) is 3.25. The molecule has 0 aliphatic heterocycles. The van der Waals surface area contributed by atoms with Gasteiger partial charge in [-0.1, -0.05) is 5.16 Å². The lowest BCUT2D eigenvalue weighted by atomic mass is 10.2. The first-order valence-corrected chi connectivity index (χ1v) is 7.38. The van der Waals surface area contributed by atoms with Gasteiger partial charge < -0.3 is 9.26 Å². The van der Waals surface area contributed by atoms with Gasteiger partial charge in [0.15, 0.2) is 0 Å². The van der Waals surface area contributed by atoms with Crippen LogP contribution < -0.4 is 4.74 Å². The molecule has 2 aromatic heterocycles. The molecule has 3 aromatic rings. The van der Waals surface area contributed by atoms with E-state index in [1.807, 2.05) is 43.7 Å². The quantitative estimate of drug-likeness (QED) is 0.720. The number of aromatic nitrogens is 4. The smallest absolute Gasteiger partial charge is 0.241 e. The van der Waals surface area contributed by atoms with Gasteiger partial charge in [0.2, 0.25) is 11.7 Å². The molecule has 0 bridgehead atoms. The van der Waals surface area contributed by atoms with Gasteiger partial charge >= 0.3 is 0 Å². The second-order valence-corrected chi connectivity index (χ2v) is 5.33. The number of H-pyrrole nitrogens is 1. The van der Waals surface area contributed by atoms with E-state index < -0.39 is 0 Å². The van der Waals surface area contributed by atoms with E-state index in [1.165, 1.54) is 5.56 Å². The number of benzene rings is 1. The highest BCUT2D eigenvalue weighted by atomic mass is 16.5. The van der Waals surface area contributed by atoms with Gasteiger partial charge in [-0.2, -0.15) is 10.1 Å². The molecule has 3 rings (SSSR count). The normalized spacial score (nSPS) is 11.1. The van der Waals surface area contributed by atoms with E-state index in [0.29, 0.717) is 18.3 Å². The van der Waals surface area contributed by atoms with Gasteiger partial charge in [-0.3, -0.25) is 10.00 Å². The molecule has 2 heterocycles. The van der Waals surface area contributed by atoms with Crippen LogP contribution in [0.3, 0.4) is 0 Å². The highest BCUT2D eigenvalue weighted by Gasteiger charge is 2.11. The van der Waals surface area contributed by atoms with Crippen LogP contribution >= 0.6 is 0 Å². The van der Waals surface area contributed by atoms with Crippen molar-refractivity contribution in [2.45, 2.75) is 13.0 Å². The third-order valence-corrected chi connectivity index (χ3v) is 3.56. The molecule has 120 valence electrons. The van der Waals surface area contributed by atoms with Crippen molar-refractivity contribution < 1.29 is 9.26 Å². The number of hydrogen-bond acceptors (Lipinski definition) is 6. The number of aromatic amines is 1. The van der Waals surface area contributed by atoms with Gasteiger partial charge in [0.05, 0.1) is 19.9 Å². The van der Waals surface area contributed by atoms with Gasteiger partial charge in [-0.05, 0) is 43.3 Å². The van der Waals surface area contributed by atoms with E-state index in [4.69, 9.17) is 9.26 Å². The second-order valence-electron chi connectivity index (χ2n) is 5.33. The Balaban J connectivity index is 1.57. The Morgan fingerprint density at radius 3 is 2.78 bits per heavy atom. The van der Waals surface area contributed by atoms with Crippen molar-refractivity contribution in [3.05, 3.63) is 48.1 Å². The lowest BCUT2D eigenvalue weighted by molar-refractivity contribution is 0.269. The molecule has 0 atom stereocenters. The molecule has 0 aliphatic rings. The summed E-state index contributed by atoms with van der Waals surface area (Å²) in [6, 6.07) is 7.58. The van der Waals surface area contributed by atoms with Gasteiger partial charge in [0.25, 0.3) is 0 Å². The largest absolute Gasteiger partial charge is 0.497 e. The van der Waals surface area contributed by atoms with Crippen LogP contribution in [0.2, 0.25) is 0 Å². The van der Waals surface area contributed by atoms with E-state index in [1.54, 1.807) is 7.11 Å². The van der Waals surface area contributed by atoms with Crippen molar-refractivity contribution in [3.8, 4) is 17.1 Å². The molecule has 7 nitrogen and oxygen atoms in total. The van der Waals surface area contributed by atoms with Crippen molar-refractivity contribution >= 4 is 0 Å². The predicted molar refractivity (Wildman–Crippen MR) is 84.9 cm³/mol. The third kappa shape index (κ3) is 3.95. The zero-order valence-electron chi connectivity index (χ0n) is 13.2. The summed E-state index contributed by atoms with van der Waals surface area (Å²) in [6.07, 6.45) is 4.66. The Morgan fingerprint density at radius 1 is 1.26 bits per heavy atom. The molecule has 7 heteroatoms. The predicted octanol–water partition coefficient (Wildman–Crippen LogP) is 2.14. The minimum atomic E-state index is 0.589. The number of nitrogens with one attached hydrogen (secondary N) is 1. The molecular formula is C16H19N5O2. The van der Waals surface area contributed by atoms with Crippen molar-refractivity contribution in [3.63, 3.8) is 0 Å². The standard InChI is InChI=1S/C16H19N5O2/c1-21(8-7-12-9-17-18-10-12)11-15-19-16(20-23-15)13-3-5-14(22-2)6-4-13/h3-6,9-10H,7-8,11H2,1-2H3,(H,17,18). The molecule has 0 amide bonds. The number of methoxy groups -OCH3 is 1. The van der Waals surface area contributed by atoms with Crippen molar-refractivity contribution in [1.29, 1.82) is 0 Å². The van der Waals surface area contributed by atoms with Crippen LogP contribution in [-0.4, -0.2) is 45.9 Å². The van der Waals surface area contributed by atoms with Gasteiger partial charge in [0.1, 0.15) is 5.75 Å². The molecule has 1 aromatic carbocycles. The summed E-state index contributed by atoms with van der Waals surface area (Å²) in [5, 5.41) is 10.8. The van der Waals surface area contributed by atoms with Crippen LogP contribution in [0.4, 0.5) is 0 Å². The Morgan fingerprint density at radius 2 is 2.09 bits per heavy atom. The number of ether oxygens (including phenoxy) is 1. The summed E-state index contributed by atoms with van der Waals surface area (Å²) in [7, 11) is 3.66. The molecule has 1 N–H and O–H groups in total. The number of rotatable bonds is 7. The molecule has 0 fully saturated rings. The SMILES string of the molecule is COc1ccc(-c2noc(CN(C)CCc3cn[nH]c3)n2)cc1. The zero-order chi connectivity index (χ0) is 16.1. The fraction of sp³-hybridized carbons (Fsp3) is 0.312. The Labute approximate surface area is 134 Å². The molecule has 23 heavy (non-hydrogen) atoms. The molecule has 0 radical (unpaired) electrons. The van der Waals surface area contributed by atoms with Crippen molar-refractivity contribution in [2.24, 2.45) is 0 Å². The Kier molecular flexibility index (Phi) is 4.68. The fourth-order valence-corrected chi connectivity index (χ4v) is 2.22. The summed E-state index contributed by atoms with van der Waals surface area (Å²) in [5.74, 6) is 1.99. The second kappa shape index (κ2) is 7.06. The van der Waals surface area contributed by atoms with Gasteiger partial charge in [-0.15, -0.1) is 0 Å². The summed E-state index contributed by atoms with van der Waals surface area (Å²) >= 11 is 0. The zero-order valence-corrected chi connectivity index (χ0v) is 13.2. The molecule has 0 unspecified atom stereocenters. The summed E-state index contributed by atoms with van der Waals surface area (Å²) in [5.41, 5.74) is 2.09. The third-order valence-electron chi connectivity index (χ3n) is 3.56. The fourth-order valence-electron chi connectivity index (χ4n) is 2.22. The number of hydrogen-bond donors (Lipinski definition) is 1. The lowest BCUT2D eigenvalue weighted by Gasteiger charge is -2.12. The maximum atomic E-state index is 5.33. The minimum Gasteiger partial charge on any atom is -0.497 e. The lowest BCUT2D eigenvalue weighted by Crippen LogP contribution is -2.20. The van der Waals surface area contributed by atoms with E-state index in [0.717, 1.165) is 24.3 Å². The van der Waals surface area contributed by atoms with E-state index in [9.17, 15) is 0 Å². The topological polar surface area (TPSA) is 80.1 Å². The Hall–Kier alpha value is -2.67. The van der Waals surface area contributed by atoms with Crippen LogP contribution in [0.25, 0.3) is 11.4 Å². The first-order valence-electron chi connectivity index (χ1n) is 7.38. The Bertz CT molecular complexity index is 721. The average molecular weight is 313 g/mol.